The van der Waals surface area contributed by atoms with Gasteiger partial charge in [-0.3, -0.25) is 0 Å². The molecule has 0 saturated carbocycles. The fraction of sp³-hybridized carbons (Fsp3) is 0.769. The van der Waals surface area contributed by atoms with Gasteiger partial charge in [-0.25, -0.2) is 4.98 Å². The van der Waals surface area contributed by atoms with Gasteiger partial charge in [-0.2, -0.15) is 0 Å². The van der Waals surface area contributed by atoms with Crippen molar-refractivity contribution in [3.05, 3.63) is 12.4 Å². The largest absolute Gasteiger partial charge is 0.383 e. The number of nitrogens with zero attached hydrogens (tertiary/aromatic N) is 3. The van der Waals surface area contributed by atoms with Crippen LogP contribution in [0, 0.1) is 0 Å². The summed E-state index contributed by atoms with van der Waals surface area (Å²) in [5, 5.41) is 3.29. The first-order valence-corrected chi connectivity index (χ1v) is 6.78. The van der Waals surface area contributed by atoms with Crippen molar-refractivity contribution >= 4 is 5.95 Å². The van der Waals surface area contributed by atoms with Crippen molar-refractivity contribution in [2.75, 3.05) is 38.8 Å². The molecule has 2 heterocycles. The topological polar surface area (TPSA) is 42.3 Å². The van der Waals surface area contributed by atoms with E-state index < -0.39 is 0 Å². The van der Waals surface area contributed by atoms with Crippen molar-refractivity contribution in [2.24, 2.45) is 0 Å². The minimum atomic E-state index is 0.562. The van der Waals surface area contributed by atoms with Gasteiger partial charge in [0.25, 0.3) is 0 Å². The summed E-state index contributed by atoms with van der Waals surface area (Å²) in [5.41, 5.74) is 0. The van der Waals surface area contributed by atoms with Gasteiger partial charge in [0, 0.05) is 45.2 Å². The van der Waals surface area contributed by atoms with E-state index in [0.29, 0.717) is 6.04 Å². The molecule has 2 rings (SSSR count). The quantitative estimate of drug-likeness (QED) is 0.823. The van der Waals surface area contributed by atoms with E-state index in [1.165, 1.54) is 19.3 Å². The van der Waals surface area contributed by atoms with Gasteiger partial charge in [0.15, 0.2) is 0 Å². The lowest BCUT2D eigenvalue weighted by Gasteiger charge is -2.36. The summed E-state index contributed by atoms with van der Waals surface area (Å²) in [6.07, 6.45) is 7.76. The fourth-order valence-electron chi connectivity index (χ4n) is 2.64. The van der Waals surface area contributed by atoms with Gasteiger partial charge in [-0.05, 0) is 26.3 Å². The second-order valence-electron chi connectivity index (χ2n) is 4.81. The summed E-state index contributed by atoms with van der Waals surface area (Å²) in [6, 6.07) is 0.562. The van der Waals surface area contributed by atoms with Crippen LogP contribution in [0.15, 0.2) is 12.4 Å². The molecule has 1 fully saturated rings. The average Bonchev–Trinajstić information content (AvgIpc) is 2.85. The highest BCUT2D eigenvalue weighted by molar-refractivity contribution is 5.34. The number of ether oxygens (including phenoxy) is 1. The third kappa shape index (κ3) is 3.03. The number of imidazole rings is 1. The first-order chi connectivity index (χ1) is 8.86. The van der Waals surface area contributed by atoms with Crippen LogP contribution in [0.5, 0.6) is 0 Å². The number of hydrogen-bond acceptors (Lipinski definition) is 4. The summed E-state index contributed by atoms with van der Waals surface area (Å²) in [7, 11) is 3.76. The van der Waals surface area contributed by atoms with E-state index in [2.05, 4.69) is 19.8 Å². The number of hydrogen-bond donors (Lipinski definition) is 1. The van der Waals surface area contributed by atoms with E-state index in [0.717, 1.165) is 32.2 Å². The molecule has 0 radical (unpaired) electrons. The van der Waals surface area contributed by atoms with Crippen molar-refractivity contribution in [2.45, 2.75) is 31.8 Å². The predicted molar refractivity (Wildman–Crippen MR) is 73.0 cm³/mol. The molecule has 5 heteroatoms. The molecule has 0 amide bonds. The molecule has 0 aromatic carbocycles. The first-order valence-electron chi connectivity index (χ1n) is 6.78. The van der Waals surface area contributed by atoms with E-state index in [-0.39, 0.29) is 0 Å². The monoisotopic (exact) mass is 252 g/mol. The highest BCUT2D eigenvalue weighted by atomic mass is 16.5. The van der Waals surface area contributed by atoms with E-state index in [9.17, 15) is 0 Å². The molecule has 0 spiro atoms. The minimum absolute atomic E-state index is 0.562. The second-order valence-corrected chi connectivity index (χ2v) is 4.81. The fourth-order valence-corrected chi connectivity index (χ4v) is 2.64. The lowest BCUT2D eigenvalue weighted by Crippen LogP contribution is -2.46. The van der Waals surface area contributed by atoms with Crippen LogP contribution in [0.4, 0.5) is 5.95 Å². The number of rotatable bonds is 6. The van der Waals surface area contributed by atoms with Gasteiger partial charge in [-0.1, -0.05) is 0 Å². The smallest absolute Gasteiger partial charge is 0.205 e. The van der Waals surface area contributed by atoms with Crippen LogP contribution >= 0.6 is 0 Å². The van der Waals surface area contributed by atoms with E-state index in [1.54, 1.807) is 7.11 Å². The van der Waals surface area contributed by atoms with E-state index in [1.807, 2.05) is 19.4 Å². The third-order valence-corrected chi connectivity index (χ3v) is 3.55. The molecule has 1 aromatic heterocycles. The van der Waals surface area contributed by atoms with Crippen molar-refractivity contribution in [3.8, 4) is 0 Å². The molecule has 1 atom stereocenters. The van der Waals surface area contributed by atoms with Gasteiger partial charge in [0.1, 0.15) is 0 Å². The SMILES string of the molecule is CNCC1CCCCN1c1nccn1CCOC. The number of anilines is 1. The molecule has 0 aliphatic carbocycles. The van der Waals surface area contributed by atoms with Crippen LogP contribution < -0.4 is 10.2 Å². The standard InChI is InChI=1S/C13H24N4O/c1-14-11-12-5-3-4-7-17(12)13-15-6-8-16(13)9-10-18-2/h6,8,12,14H,3-5,7,9-11H2,1-2H3. The van der Waals surface area contributed by atoms with Crippen LogP contribution in [0.25, 0.3) is 0 Å². The predicted octanol–water partition coefficient (Wildman–Crippen LogP) is 1.11. The van der Waals surface area contributed by atoms with Crippen molar-refractivity contribution < 1.29 is 4.74 Å². The Balaban J connectivity index is 2.09. The van der Waals surface area contributed by atoms with Crippen LogP contribution in [0.3, 0.4) is 0 Å². The van der Waals surface area contributed by atoms with Crippen molar-refractivity contribution in [1.29, 1.82) is 0 Å². The molecule has 1 saturated heterocycles. The summed E-state index contributed by atoms with van der Waals surface area (Å²) < 4.78 is 7.34. The molecule has 1 aromatic rings. The lowest BCUT2D eigenvalue weighted by molar-refractivity contribution is 0.187. The molecule has 0 bridgehead atoms. The Kier molecular flexibility index (Phi) is 5.01. The summed E-state index contributed by atoms with van der Waals surface area (Å²) in [5.74, 6) is 1.09. The second kappa shape index (κ2) is 6.75. The maximum atomic E-state index is 5.15. The van der Waals surface area contributed by atoms with Crippen LogP contribution in [0.1, 0.15) is 19.3 Å². The maximum absolute atomic E-state index is 5.15. The Morgan fingerprint density at radius 2 is 2.39 bits per heavy atom. The van der Waals surface area contributed by atoms with E-state index in [4.69, 9.17) is 4.74 Å². The number of aromatic nitrogens is 2. The zero-order chi connectivity index (χ0) is 12.8. The van der Waals surface area contributed by atoms with Gasteiger partial charge < -0.3 is 19.5 Å². The Morgan fingerprint density at radius 1 is 1.50 bits per heavy atom. The average molecular weight is 252 g/mol. The summed E-state index contributed by atoms with van der Waals surface area (Å²) >= 11 is 0. The lowest BCUT2D eigenvalue weighted by atomic mass is 10.0. The minimum Gasteiger partial charge on any atom is -0.383 e. The highest BCUT2D eigenvalue weighted by Crippen LogP contribution is 2.23. The molecular weight excluding hydrogens is 228 g/mol. The summed E-state index contributed by atoms with van der Waals surface area (Å²) in [6.45, 7) is 3.73. The van der Waals surface area contributed by atoms with Crippen LogP contribution in [0.2, 0.25) is 0 Å². The van der Waals surface area contributed by atoms with Gasteiger partial charge in [0.2, 0.25) is 5.95 Å². The van der Waals surface area contributed by atoms with Gasteiger partial charge in [0.05, 0.1) is 6.61 Å². The number of methoxy groups -OCH3 is 1. The zero-order valence-corrected chi connectivity index (χ0v) is 11.4. The van der Waals surface area contributed by atoms with Gasteiger partial charge in [-0.15, -0.1) is 0 Å². The molecule has 5 nitrogen and oxygen atoms in total. The number of piperidine rings is 1. The molecule has 1 N–H and O–H groups in total. The third-order valence-electron chi connectivity index (χ3n) is 3.55. The molecule has 1 unspecified atom stereocenters. The molecule has 1 aliphatic heterocycles. The normalized spacial score (nSPS) is 20.3. The number of nitrogens with one attached hydrogen (secondary N) is 1. The Morgan fingerprint density at radius 3 is 3.17 bits per heavy atom. The zero-order valence-electron chi connectivity index (χ0n) is 11.4. The highest BCUT2D eigenvalue weighted by Gasteiger charge is 2.24. The summed E-state index contributed by atoms with van der Waals surface area (Å²) in [4.78, 5) is 6.97. The Bertz CT molecular complexity index is 351. The van der Waals surface area contributed by atoms with E-state index >= 15 is 0 Å². The molecule has 102 valence electrons. The molecule has 18 heavy (non-hydrogen) atoms. The molecular formula is C13H24N4O. The van der Waals surface area contributed by atoms with Crippen molar-refractivity contribution in [1.82, 2.24) is 14.9 Å². The van der Waals surface area contributed by atoms with Crippen LogP contribution in [-0.4, -0.2) is 49.4 Å². The number of likely N-dealkylation sites (N-methyl/N-ethyl adjacent to an activating group) is 1. The van der Waals surface area contributed by atoms with Crippen LogP contribution in [-0.2, 0) is 11.3 Å². The Labute approximate surface area is 109 Å². The van der Waals surface area contributed by atoms with Gasteiger partial charge >= 0.3 is 0 Å². The maximum Gasteiger partial charge on any atom is 0.205 e. The first kappa shape index (κ1) is 13.4. The Hall–Kier alpha value is -1.07. The molecule has 1 aliphatic rings. The van der Waals surface area contributed by atoms with Crippen molar-refractivity contribution in [3.63, 3.8) is 0 Å².